The molecule has 0 aliphatic heterocycles. The second kappa shape index (κ2) is 6.24. The molecule has 0 aromatic carbocycles. The molecule has 1 amide bonds. The van der Waals surface area contributed by atoms with Gasteiger partial charge in [-0.1, -0.05) is 0 Å². The molecule has 0 spiro atoms. The van der Waals surface area contributed by atoms with Crippen LogP contribution in [0.2, 0.25) is 0 Å². The van der Waals surface area contributed by atoms with Crippen molar-refractivity contribution in [2.24, 2.45) is 0 Å². The van der Waals surface area contributed by atoms with Crippen molar-refractivity contribution in [3.63, 3.8) is 0 Å². The number of nitrogens with one attached hydrogen (secondary N) is 1. The molecule has 0 unspecified atom stereocenters. The molecule has 0 bridgehead atoms. The lowest BCUT2D eigenvalue weighted by atomic mass is 10.2. The molecule has 4 heterocycles. The number of nitrogens with zero attached hydrogens (tertiary/aromatic N) is 4. The number of furan rings is 1. The summed E-state index contributed by atoms with van der Waals surface area (Å²) in [5, 5.41) is 6.27. The monoisotopic (exact) mass is 373 g/mol. The van der Waals surface area contributed by atoms with Gasteiger partial charge in [0.15, 0.2) is 17.1 Å². The number of rotatable bonds is 3. The van der Waals surface area contributed by atoms with Gasteiger partial charge in [0.05, 0.1) is 12.5 Å². The SMILES string of the molecule is O=C(Nc1ccncc1)c1cnn2c(C(F)(F)F)cc(-c3ccco3)nc12. The van der Waals surface area contributed by atoms with Crippen molar-refractivity contribution in [2.75, 3.05) is 5.32 Å². The molecule has 0 saturated heterocycles. The highest BCUT2D eigenvalue weighted by atomic mass is 19.4. The van der Waals surface area contributed by atoms with Crippen LogP contribution in [0, 0.1) is 0 Å². The molecule has 136 valence electrons. The van der Waals surface area contributed by atoms with Gasteiger partial charge < -0.3 is 9.73 Å². The van der Waals surface area contributed by atoms with Crippen LogP contribution < -0.4 is 5.32 Å². The standard InChI is InChI=1S/C17H10F3N5O2/c18-17(19,20)14-8-12(13-2-1-7-27-13)24-15-11(9-22-25(14)15)16(26)23-10-3-5-21-6-4-10/h1-9H,(H,21,23,26). The van der Waals surface area contributed by atoms with Gasteiger partial charge in [-0.3, -0.25) is 9.78 Å². The van der Waals surface area contributed by atoms with Crippen molar-refractivity contribution >= 4 is 17.2 Å². The van der Waals surface area contributed by atoms with E-state index in [0.29, 0.717) is 10.2 Å². The molecule has 4 aromatic rings. The van der Waals surface area contributed by atoms with Gasteiger partial charge in [-0.15, -0.1) is 0 Å². The quantitative estimate of drug-likeness (QED) is 0.592. The van der Waals surface area contributed by atoms with Crippen LogP contribution in [0.5, 0.6) is 0 Å². The lowest BCUT2D eigenvalue weighted by molar-refractivity contribution is -0.142. The number of carbonyl (C=O) groups is 1. The minimum Gasteiger partial charge on any atom is -0.463 e. The average Bonchev–Trinajstić information content (AvgIpc) is 3.30. The van der Waals surface area contributed by atoms with Gasteiger partial charge in [-0.2, -0.15) is 18.3 Å². The molecule has 0 aliphatic rings. The Bertz CT molecular complexity index is 1110. The highest BCUT2D eigenvalue weighted by molar-refractivity contribution is 6.08. The number of hydrogen-bond acceptors (Lipinski definition) is 5. The number of halogens is 3. The molecule has 1 N–H and O–H groups in total. The minimum absolute atomic E-state index is 0.0571. The van der Waals surface area contributed by atoms with Gasteiger partial charge in [0.2, 0.25) is 0 Å². The number of aromatic nitrogens is 4. The first kappa shape index (κ1) is 16.8. The first-order chi connectivity index (χ1) is 12.9. The molecule has 0 saturated carbocycles. The molecule has 0 fully saturated rings. The summed E-state index contributed by atoms with van der Waals surface area (Å²) in [5.74, 6) is -0.502. The van der Waals surface area contributed by atoms with Crippen molar-refractivity contribution < 1.29 is 22.4 Å². The summed E-state index contributed by atoms with van der Waals surface area (Å²) in [4.78, 5) is 20.5. The summed E-state index contributed by atoms with van der Waals surface area (Å²) in [6, 6.07) is 6.93. The van der Waals surface area contributed by atoms with Crippen LogP contribution in [0.4, 0.5) is 18.9 Å². The predicted molar refractivity (Wildman–Crippen MR) is 87.9 cm³/mol. The first-order valence-corrected chi connectivity index (χ1v) is 7.65. The van der Waals surface area contributed by atoms with E-state index in [1.165, 1.54) is 30.8 Å². The highest BCUT2D eigenvalue weighted by Crippen LogP contribution is 2.32. The zero-order chi connectivity index (χ0) is 19.0. The second-order valence-corrected chi connectivity index (χ2v) is 5.49. The number of hydrogen-bond donors (Lipinski definition) is 1. The maximum absolute atomic E-state index is 13.5. The first-order valence-electron chi connectivity index (χ1n) is 7.65. The largest absolute Gasteiger partial charge is 0.463 e. The maximum Gasteiger partial charge on any atom is 0.433 e. The molecular formula is C17H10F3N5O2. The number of pyridine rings is 1. The summed E-state index contributed by atoms with van der Waals surface area (Å²) in [7, 11) is 0. The van der Waals surface area contributed by atoms with Gasteiger partial charge in [-0.05, 0) is 30.3 Å². The normalized spacial score (nSPS) is 11.7. The summed E-state index contributed by atoms with van der Waals surface area (Å²) in [6.45, 7) is 0. The Kier molecular flexibility index (Phi) is 3.87. The summed E-state index contributed by atoms with van der Waals surface area (Å²) in [5.41, 5.74) is -1.03. The van der Waals surface area contributed by atoms with Crippen molar-refractivity contribution in [1.29, 1.82) is 0 Å². The number of amides is 1. The number of fused-ring (bicyclic) bond motifs is 1. The van der Waals surface area contributed by atoms with E-state index in [2.05, 4.69) is 20.4 Å². The summed E-state index contributed by atoms with van der Waals surface area (Å²) < 4.78 is 46.1. The van der Waals surface area contributed by atoms with Crippen LogP contribution in [0.1, 0.15) is 16.1 Å². The van der Waals surface area contributed by atoms with Gasteiger partial charge in [0.1, 0.15) is 11.3 Å². The summed E-state index contributed by atoms with van der Waals surface area (Å²) in [6.07, 6.45) is 0.608. The fraction of sp³-hybridized carbons (Fsp3) is 0.0588. The molecule has 4 rings (SSSR count). The fourth-order valence-electron chi connectivity index (χ4n) is 2.51. The van der Waals surface area contributed by atoms with E-state index in [9.17, 15) is 18.0 Å². The Hall–Kier alpha value is -3.69. The van der Waals surface area contributed by atoms with Crippen molar-refractivity contribution in [3.8, 4) is 11.5 Å². The van der Waals surface area contributed by atoms with E-state index in [1.807, 2.05) is 0 Å². The smallest absolute Gasteiger partial charge is 0.433 e. The zero-order valence-electron chi connectivity index (χ0n) is 13.4. The number of anilines is 1. The lowest BCUT2D eigenvalue weighted by Crippen LogP contribution is -2.15. The van der Waals surface area contributed by atoms with Crippen LogP contribution in [0.3, 0.4) is 0 Å². The Morgan fingerprint density at radius 2 is 1.96 bits per heavy atom. The molecule has 7 nitrogen and oxygen atoms in total. The van der Waals surface area contributed by atoms with Crippen molar-refractivity contribution in [1.82, 2.24) is 19.6 Å². The number of alkyl halides is 3. The zero-order valence-corrected chi connectivity index (χ0v) is 13.4. The van der Waals surface area contributed by atoms with E-state index in [0.717, 1.165) is 12.3 Å². The lowest BCUT2D eigenvalue weighted by Gasteiger charge is -2.10. The highest BCUT2D eigenvalue weighted by Gasteiger charge is 2.36. The fourth-order valence-corrected chi connectivity index (χ4v) is 2.51. The average molecular weight is 373 g/mol. The van der Waals surface area contributed by atoms with Gasteiger partial charge in [0.25, 0.3) is 5.91 Å². The third kappa shape index (κ3) is 3.12. The molecule has 0 atom stereocenters. The Balaban J connectivity index is 1.85. The van der Waals surface area contributed by atoms with Crippen LogP contribution in [0.25, 0.3) is 17.1 Å². The maximum atomic E-state index is 13.5. The Labute approximate surface area is 149 Å². The summed E-state index contributed by atoms with van der Waals surface area (Å²) >= 11 is 0. The molecule has 0 radical (unpaired) electrons. The molecule has 10 heteroatoms. The molecule has 27 heavy (non-hydrogen) atoms. The van der Waals surface area contributed by atoms with Crippen molar-refractivity contribution in [2.45, 2.75) is 6.18 Å². The van der Waals surface area contributed by atoms with E-state index in [1.54, 1.807) is 12.1 Å². The third-order valence-corrected chi connectivity index (χ3v) is 3.72. The third-order valence-electron chi connectivity index (χ3n) is 3.72. The Morgan fingerprint density at radius 3 is 2.63 bits per heavy atom. The van der Waals surface area contributed by atoms with Gasteiger partial charge >= 0.3 is 6.18 Å². The van der Waals surface area contributed by atoms with Gasteiger partial charge in [-0.25, -0.2) is 9.50 Å². The van der Waals surface area contributed by atoms with Crippen molar-refractivity contribution in [3.05, 3.63) is 66.4 Å². The molecule has 0 aliphatic carbocycles. The van der Waals surface area contributed by atoms with E-state index < -0.39 is 17.8 Å². The van der Waals surface area contributed by atoms with Crippen LogP contribution in [0.15, 0.2) is 59.6 Å². The van der Waals surface area contributed by atoms with E-state index in [4.69, 9.17) is 4.42 Å². The minimum atomic E-state index is -4.70. The second-order valence-electron chi connectivity index (χ2n) is 5.49. The predicted octanol–water partition coefficient (Wildman–Crippen LogP) is 3.66. The topological polar surface area (TPSA) is 85.3 Å². The Morgan fingerprint density at radius 1 is 1.19 bits per heavy atom. The van der Waals surface area contributed by atoms with E-state index in [-0.39, 0.29) is 22.7 Å². The van der Waals surface area contributed by atoms with E-state index >= 15 is 0 Å². The van der Waals surface area contributed by atoms with Crippen LogP contribution in [-0.4, -0.2) is 25.5 Å². The molecular weight excluding hydrogens is 363 g/mol. The van der Waals surface area contributed by atoms with Crippen LogP contribution in [-0.2, 0) is 6.18 Å². The van der Waals surface area contributed by atoms with Crippen LogP contribution >= 0.6 is 0 Å². The molecule has 4 aromatic heterocycles. The number of carbonyl (C=O) groups excluding carboxylic acids is 1. The van der Waals surface area contributed by atoms with Gasteiger partial charge in [0, 0.05) is 18.1 Å².